The number of benzene rings is 2. The third-order valence-electron chi connectivity index (χ3n) is 4.47. The highest BCUT2D eigenvalue weighted by Gasteiger charge is 2.30. The Hall–Kier alpha value is -4.01. The third kappa shape index (κ3) is 5.13. The Morgan fingerprint density at radius 1 is 0.968 bits per heavy atom. The quantitative estimate of drug-likeness (QED) is 0.482. The summed E-state index contributed by atoms with van der Waals surface area (Å²) in [6.45, 7) is 3.24. The first-order valence-electron chi connectivity index (χ1n) is 9.38. The largest absolute Gasteiger partial charge is 0.501 e. The number of carbonyl (C=O) groups is 2. The van der Waals surface area contributed by atoms with E-state index in [1.54, 1.807) is 44.2 Å². The lowest BCUT2D eigenvalue weighted by atomic mass is 10.0. The summed E-state index contributed by atoms with van der Waals surface area (Å²) in [5.41, 5.74) is -0.588. The van der Waals surface area contributed by atoms with Gasteiger partial charge in [0.1, 0.15) is 5.82 Å². The molecule has 0 spiro atoms. The molecule has 1 aromatic heterocycles. The van der Waals surface area contributed by atoms with Gasteiger partial charge in [0.05, 0.1) is 5.54 Å². The van der Waals surface area contributed by atoms with E-state index in [9.17, 15) is 24.2 Å². The van der Waals surface area contributed by atoms with Crippen LogP contribution in [0.3, 0.4) is 0 Å². The minimum atomic E-state index is -1.18. The summed E-state index contributed by atoms with van der Waals surface area (Å²) < 4.78 is 13.0. The standard InChI is InChI=1S/C22H21FN4O4/c1-22(2,27-18(29)14-6-4-3-5-7-14)21-25-16(17(28)20(31)26-21)19(30)24-12-13-8-10-15(23)11-9-13/h3-11,28H,12H2,1-2H3,(H,24,30)(H,27,29)(H,25,26,31). The molecule has 3 rings (SSSR count). The van der Waals surface area contributed by atoms with E-state index in [2.05, 4.69) is 20.6 Å². The molecule has 0 bridgehead atoms. The first kappa shape index (κ1) is 21.7. The summed E-state index contributed by atoms with van der Waals surface area (Å²) in [4.78, 5) is 32.9. The van der Waals surface area contributed by atoms with Gasteiger partial charge in [-0.15, -0.1) is 0 Å². The molecule has 0 saturated carbocycles. The zero-order chi connectivity index (χ0) is 22.6. The van der Waals surface area contributed by atoms with Gasteiger partial charge in [0.2, 0.25) is 5.75 Å². The lowest BCUT2D eigenvalue weighted by molar-refractivity contribution is 0.0908. The zero-order valence-corrected chi connectivity index (χ0v) is 16.9. The fourth-order valence-corrected chi connectivity index (χ4v) is 2.75. The van der Waals surface area contributed by atoms with Crippen molar-refractivity contribution >= 4 is 11.8 Å². The Morgan fingerprint density at radius 3 is 2.26 bits per heavy atom. The average Bonchev–Trinajstić information content (AvgIpc) is 2.75. The topological polar surface area (TPSA) is 124 Å². The molecule has 2 aromatic carbocycles. The van der Waals surface area contributed by atoms with Crippen molar-refractivity contribution in [1.29, 1.82) is 0 Å². The van der Waals surface area contributed by atoms with Crippen molar-refractivity contribution in [3.8, 4) is 11.6 Å². The molecule has 4 N–H and O–H groups in total. The van der Waals surface area contributed by atoms with Crippen LogP contribution in [0.5, 0.6) is 11.6 Å². The number of amides is 2. The van der Waals surface area contributed by atoms with Crippen LogP contribution in [0.2, 0.25) is 0 Å². The van der Waals surface area contributed by atoms with Crippen LogP contribution in [-0.2, 0) is 12.1 Å². The minimum Gasteiger partial charge on any atom is -0.501 e. The predicted octanol–water partition coefficient (Wildman–Crippen LogP) is 2.62. The van der Waals surface area contributed by atoms with Crippen molar-refractivity contribution in [2.45, 2.75) is 25.9 Å². The van der Waals surface area contributed by atoms with Crippen LogP contribution in [0.4, 0.5) is 4.39 Å². The van der Waals surface area contributed by atoms with Crippen molar-refractivity contribution in [1.82, 2.24) is 20.6 Å². The van der Waals surface area contributed by atoms with Gasteiger partial charge < -0.3 is 20.8 Å². The molecule has 0 saturated heterocycles. The summed E-state index contributed by atoms with van der Waals surface area (Å²) in [5.74, 6) is -3.23. The summed E-state index contributed by atoms with van der Waals surface area (Å²) in [6, 6.07) is 14.0. The molecule has 0 unspecified atom stereocenters. The maximum Gasteiger partial charge on any atom is 0.274 e. The minimum absolute atomic E-state index is 0.0484. The van der Waals surface area contributed by atoms with Crippen LogP contribution in [0.15, 0.2) is 54.6 Å². The Kier molecular flexibility index (Phi) is 6.15. The van der Waals surface area contributed by atoms with E-state index in [1.165, 1.54) is 24.3 Å². The van der Waals surface area contributed by atoms with E-state index in [0.29, 0.717) is 11.1 Å². The van der Waals surface area contributed by atoms with E-state index >= 15 is 0 Å². The maximum absolute atomic E-state index is 13.0. The van der Waals surface area contributed by atoms with Crippen molar-refractivity contribution in [3.63, 3.8) is 0 Å². The SMILES string of the molecule is CC(C)(NC(=O)c1ccccc1)c1nc(O)c(O)c(C(=O)NCc2ccc(F)cc2)n1. The van der Waals surface area contributed by atoms with Gasteiger partial charge in [0.25, 0.3) is 17.7 Å². The van der Waals surface area contributed by atoms with Crippen LogP contribution in [0, 0.1) is 5.82 Å². The number of aromatic hydroxyl groups is 2. The first-order chi connectivity index (χ1) is 14.7. The monoisotopic (exact) mass is 424 g/mol. The van der Waals surface area contributed by atoms with Gasteiger partial charge in [0.15, 0.2) is 11.5 Å². The highest BCUT2D eigenvalue weighted by atomic mass is 19.1. The van der Waals surface area contributed by atoms with E-state index in [4.69, 9.17) is 0 Å². The molecule has 0 radical (unpaired) electrons. The molecule has 3 aromatic rings. The van der Waals surface area contributed by atoms with E-state index in [1.807, 2.05) is 0 Å². The summed E-state index contributed by atoms with van der Waals surface area (Å²) in [7, 11) is 0. The van der Waals surface area contributed by atoms with Crippen molar-refractivity contribution < 1.29 is 24.2 Å². The number of hydrogen-bond donors (Lipinski definition) is 4. The molecule has 0 aliphatic carbocycles. The predicted molar refractivity (Wildman–Crippen MR) is 110 cm³/mol. The summed E-state index contributed by atoms with van der Waals surface area (Å²) in [6.07, 6.45) is 0. The number of halogens is 1. The van der Waals surface area contributed by atoms with Gasteiger partial charge >= 0.3 is 0 Å². The average molecular weight is 424 g/mol. The lowest BCUT2D eigenvalue weighted by Gasteiger charge is -2.25. The van der Waals surface area contributed by atoms with Crippen LogP contribution in [0.1, 0.15) is 46.1 Å². The molecule has 0 aliphatic heterocycles. The Balaban J connectivity index is 1.81. The molecule has 0 atom stereocenters. The number of aromatic nitrogens is 2. The first-order valence-corrected chi connectivity index (χ1v) is 9.38. The molecule has 0 aliphatic rings. The molecule has 1 heterocycles. The Labute approximate surface area is 177 Å². The maximum atomic E-state index is 13.0. The second-order valence-corrected chi connectivity index (χ2v) is 7.32. The third-order valence-corrected chi connectivity index (χ3v) is 4.47. The number of nitrogens with one attached hydrogen (secondary N) is 2. The smallest absolute Gasteiger partial charge is 0.274 e. The van der Waals surface area contributed by atoms with Crippen LogP contribution < -0.4 is 10.6 Å². The number of hydrogen-bond acceptors (Lipinski definition) is 6. The van der Waals surface area contributed by atoms with E-state index in [0.717, 1.165) is 0 Å². The van der Waals surface area contributed by atoms with Gasteiger partial charge in [-0.3, -0.25) is 9.59 Å². The van der Waals surface area contributed by atoms with Gasteiger partial charge in [0, 0.05) is 12.1 Å². The molecule has 160 valence electrons. The van der Waals surface area contributed by atoms with Crippen LogP contribution >= 0.6 is 0 Å². The zero-order valence-electron chi connectivity index (χ0n) is 16.9. The number of rotatable bonds is 6. The molecule has 0 fully saturated rings. The number of carbonyl (C=O) groups excluding carboxylic acids is 2. The number of nitrogens with zero attached hydrogens (tertiary/aromatic N) is 2. The molecular weight excluding hydrogens is 403 g/mol. The second kappa shape index (κ2) is 8.78. The fourth-order valence-electron chi connectivity index (χ4n) is 2.75. The second-order valence-electron chi connectivity index (χ2n) is 7.32. The molecule has 8 nitrogen and oxygen atoms in total. The summed E-state index contributed by atoms with van der Waals surface area (Å²) in [5, 5.41) is 25.4. The fraction of sp³-hybridized carbons (Fsp3) is 0.182. The van der Waals surface area contributed by atoms with Crippen molar-refractivity contribution in [3.05, 3.63) is 83.1 Å². The molecule has 31 heavy (non-hydrogen) atoms. The lowest BCUT2D eigenvalue weighted by Crippen LogP contribution is -2.42. The molecule has 2 amide bonds. The van der Waals surface area contributed by atoms with Gasteiger partial charge in [-0.1, -0.05) is 30.3 Å². The highest BCUT2D eigenvalue weighted by Crippen LogP contribution is 2.29. The summed E-state index contributed by atoms with van der Waals surface area (Å²) >= 11 is 0. The normalized spacial score (nSPS) is 11.1. The Bertz CT molecular complexity index is 1100. The van der Waals surface area contributed by atoms with Gasteiger partial charge in [-0.25, -0.2) is 9.37 Å². The van der Waals surface area contributed by atoms with Crippen molar-refractivity contribution in [2.24, 2.45) is 0 Å². The molecular formula is C22H21FN4O4. The van der Waals surface area contributed by atoms with E-state index in [-0.39, 0.29) is 12.4 Å². The van der Waals surface area contributed by atoms with Gasteiger partial charge in [-0.05, 0) is 43.7 Å². The van der Waals surface area contributed by atoms with Gasteiger partial charge in [-0.2, -0.15) is 4.98 Å². The van der Waals surface area contributed by atoms with Crippen molar-refractivity contribution in [2.75, 3.05) is 0 Å². The van der Waals surface area contributed by atoms with Crippen LogP contribution in [-0.4, -0.2) is 32.0 Å². The Morgan fingerprint density at radius 2 is 1.61 bits per heavy atom. The van der Waals surface area contributed by atoms with Crippen LogP contribution in [0.25, 0.3) is 0 Å². The molecule has 9 heteroatoms. The highest BCUT2D eigenvalue weighted by molar-refractivity contribution is 5.96. The van der Waals surface area contributed by atoms with E-state index < -0.39 is 40.5 Å².